The Hall–Kier alpha value is 1.09. The van der Waals surface area contributed by atoms with Crippen LogP contribution in [0.15, 0.2) is 0 Å². The van der Waals surface area contributed by atoms with Gasteiger partial charge in [-0.15, -0.1) is 34.8 Å². The fourth-order valence-corrected chi connectivity index (χ4v) is 4.28. The third-order valence-corrected chi connectivity index (χ3v) is 5.68. The highest BCUT2D eigenvalue weighted by molar-refractivity contribution is 6.67. The van der Waals surface area contributed by atoms with E-state index in [1.165, 1.54) is 12.1 Å². The second-order valence-corrected chi connectivity index (χ2v) is 6.79. The van der Waals surface area contributed by atoms with Crippen LogP contribution in [0.1, 0.15) is 12.8 Å². The van der Waals surface area contributed by atoms with Gasteiger partial charge in [0.25, 0.3) is 0 Å². The summed E-state index contributed by atoms with van der Waals surface area (Å²) in [4.78, 5) is 0. The predicted octanol–water partition coefficient (Wildman–Crippen LogP) is 3.52. The molecule has 0 aromatic heterocycles. The molecule has 0 saturated heterocycles. The lowest BCUT2D eigenvalue weighted by atomic mass is 10.6. The summed E-state index contributed by atoms with van der Waals surface area (Å²) in [5, 5.41) is 0. The lowest BCUT2D eigenvalue weighted by molar-refractivity contribution is 1.01. The molecule has 0 nitrogen and oxygen atoms in total. The van der Waals surface area contributed by atoms with Gasteiger partial charge in [-0.05, 0) is 12.8 Å². The minimum Gasteiger partial charge on any atom is -0.130 e. The molecule has 0 bridgehead atoms. The lowest BCUT2D eigenvalue weighted by Crippen LogP contribution is -2.15. The molecule has 0 heterocycles. The third-order valence-electron chi connectivity index (χ3n) is 1.52. The molecule has 11 heavy (non-hydrogen) atoms. The van der Waals surface area contributed by atoms with Crippen LogP contribution < -0.4 is 0 Å². The van der Waals surface area contributed by atoms with Crippen LogP contribution in [0.5, 0.6) is 0 Å². The van der Waals surface area contributed by atoms with E-state index in [9.17, 15) is 0 Å². The second kappa shape index (κ2) is 9.18. The number of hydrogen-bond acceptors (Lipinski definition) is 0. The van der Waals surface area contributed by atoms with Crippen LogP contribution >= 0.6 is 34.8 Å². The van der Waals surface area contributed by atoms with Crippen molar-refractivity contribution in [3.8, 4) is 0 Å². The van der Waals surface area contributed by atoms with Gasteiger partial charge in [0.15, 0.2) is 0 Å². The first-order chi connectivity index (χ1) is 5.35. The van der Waals surface area contributed by atoms with Gasteiger partial charge in [-0.1, -0.05) is 12.1 Å². The van der Waals surface area contributed by atoms with E-state index >= 15 is 0 Å². The van der Waals surface area contributed by atoms with E-state index in [0.29, 0.717) is 0 Å². The summed E-state index contributed by atoms with van der Waals surface area (Å²) in [6, 6.07) is 2.49. The first kappa shape index (κ1) is 12.1. The summed E-state index contributed by atoms with van der Waals surface area (Å²) in [5.41, 5.74) is 0.846. The highest BCUT2D eigenvalue weighted by atomic mass is 35.5. The smallest absolute Gasteiger partial charge is 0.0659 e. The number of halogens is 3. The molecule has 0 N–H and O–H groups in total. The summed E-state index contributed by atoms with van der Waals surface area (Å²) in [5.74, 6) is 1.54. The minimum atomic E-state index is -0.313. The normalized spacial score (nSPS) is 10.9. The van der Waals surface area contributed by atoms with Crippen LogP contribution in [0.3, 0.4) is 0 Å². The predicted molar refractivity (Wildman–Crippen MR) is 56.8 cm³/mol. The molecule has 0 rings (SSSR count). The molecule has 0 atom stereocenters. The molecule has 4 heteroatoms. The molecule has 0 aliphatic rings. The highest BCUT2D eigenvalue weighted by Gasteiger charge is 2.07. The van der Waals surface area contributed by atoms with Gasteiger partial charge < -0.3 is 0 Å². The van der Waals surface area contributed by atoms with Gasteiger partial charge in [-0.25, -0.2) is 0 Å². The van der Waals surface area contributed by atoms with Crippen molar-refractivity contribution < 1.29 is 0 Å². The molecule has 0 amide bonds. The average molecular weight is 233 g/mol. The zero-order valence-electron chi connectivity index (χ0n) is 6.58. The van der Waals surface area contributed by atoms with E-state index < -0.39 is 0 Å². The molecule has 0 aromatic rings. The van der Waals surface area contributed by atoms with E-state index in [-0.39, 0.29) is 8.80 Å². The maximum atomic E-state index is 5.80. The Balaban J connectivity index is 3.25. The molecule has 0 spiro atoms. The van der Waals surface area contributed by atoms with Crippen molar-refractivity contribution in [2.24, 2.45) is 0 Å². The molecular weight excluding hydrogens is 219 g/mol. The van der Waals surface area contributed by atoms with Gasteiger partial charge in [0.05, 0.1) is 8.80 Å². The van der Waals surface area contributed by atoms with Gasteiger partial charge in [0, 0.05) is 17.3 Å². The zero-order chi connectivity index (χ0) is 8.53. The zero-order valence-corrected chi connectivity index (χ0v) is 9.85. The van der Waals surface area contributed by atoms with Gasteiger partial charge in [0.1, 0.15) is 0 Å². The van der Waals surface area contributed by atoms with Crippen LogP contribution in [-0.4, -0.2) is 26.1 Å². The molecular formula is C7H14Cl3Si. The van der Waals surface area contributed by atoms with E-state index in [2.05, 4.69) is 0 Å². The Morgan fingerprint density at radius 2 is 1.27 bits per heavy atom. The summed E-state index contributed by atoms with van der Waals surface area (Å²) in [6.45, 7) is 0. The lowest BCUT2D eigenvalue weighted by Gasteiger charge is -2.08. The van der Waals surface area contributed by atoms with E-state index in [1.54, 1.807) is 0 Å². The monoisotopic (exact) mass is 231 g/mol. The van der Waals surface area contributed by atoms with Gasteiger partial charge in [-0.2, -0.15) is 0 Å². The Labute approximate surface area is 85.8 Å². The maximum Gasteiger partial charge on any atom is 0.0659 e. The molecule has 67 valence electrons. The first-order valence-corrected chi connectivity index (χ1v) is 7.59. The van der Waals surface area contributed by atoms with Gasteiger partial charge in [0.2, 0.25) is 0 Å². The number of rotatable bonds is 7. The summed E-state index contributed by atoms with van der Waals surface area (Å²) < 4.78 is 0. The van der Waals surface area contributed by atoms with Crippen LogP contribution in [-0.2, 0) is 0 Å². The van der Waals surface area contributed by atoms with Crippen molar-refractivity contribution in [3.63, 3.8) is 0 Å². The number of hydrogen-bond donors (Lipinski definition) is 0. The fourth-order valence-electron chi connectivity index (χ4n) is 0.892. The van der Waals surface area contributed by atoms with Gasteiger partial charge >= 0.3 is 0 Å². The van der Waals surface area contributed by atoms with E-state index in [4.69, 9.17) is 34.8 Å². The summed E-state index contributed by atoms with van der Waals surface area (Å²) >= 11 is 17.0. The van der Waals surface area contributed by atoms with Crippen molar-refractivity contribution in [1.82, 2.24) is 0 Å². The van der Waals surface area contributed by atoms with Crippen molar-refractivity contribution in [3.05, 3.63) is 0 Å². The molecule has 0 unspecified atom stereocenters. The largest absolute Gasteiger partial charge is 0.130 e. The minimum absolute atomic E-state index is 0.313. The van der Waals surface area contributed by atoms with Crippen LogP contribution in [0.25, 0.3) is 0 Å². The quantitative estimate of drug-likeness (QED) is 0.465. The Bertz CT molecular complexity index is 72.1. The third kappa shape index (κ3) is 7.45. The topological polar surface area (TPSA) is 0 Å². The van der Waals surface area contributed by atoms with Gasteiger partial charge in [-0.3, -0.25) is 0 Å². The Kier molecular flexibility index (Phi) is 10.1. The van der Waals surface area contributed by atoms with E-state index in [0.717, 1.165) is 30.1 Å². The maximum absolute atomic E-state index is 5.80. The molecule has 0 aromatic carbocycles. The van der Waals surface area contributed by atoms with Crippen LogP contribution in [0.4, 0.5) is 0 Å². The van der Waals surface area contributed by atoms with E-state index in [1.807, 2.05) is 0 Å². The molecule has 0 saturated carbocycles. The van der Waals surface area contributed by atoms with Crippen LogP contribution in [0.2, 0.25) is 12.1 Å². The molecule has 0 aliphatic heterocycles. The highest BCUT2D eigenvalue weighted by Crippen LogP contribution is 2.09. The second-order valence-electron chi connectivity index (χ2n) is 2.47. The molecule has 1 radical (unpaired) electrons. The Morgan fingerprint density at radius 1 is 0.818 bits per heavy atom. The van der Waals surface area contributed by atoms with Crippen molar-refractivity contribution in [1.29, 1.82) is 0 Å². The fraction of sp³-hybridized carbons (Fsp3) is 1.00. The molecule has 0 fully saturated rings. The van der Waals surface area contributed by atoms with Crippen LogP contribution in [0, 0.1) is 0 Å². The Morgan fingerprint density at radius 3 is 1.55 bits per heavy atom. The first-order valence-electron chi connectivity index (χ1n) is 3.86. The van der Waals surface area contributed by atoms with Crippen molar-refractivity contribution in [2.75, 3.05) is 17.3 Å². The summed E-state index contributed by atoms with van der Waals surface area (Å²) in [7, 11) is -0.313. The van der Waals surface area contributed by atoms with Crippen molar-refractivity contribution in [2.45, 2.75) is 24.9 Å². The standard InChI is InChI=1S/C7H14Cl3Si/c8-3-1-5-11(7-10)6-2-4-9/h1-7H2. The number of alkyl halides is 3. The average Bonchev–Trinajstić information content (AvgIpc) is 2.05. The SMILES string of the molecule is ClCCC[Si](CCl)CCCCl. The van der Waals surface area contributed by atoms with Crippen molar-refractivity contribution >= 4 is 43.6 Å². The summed E-state index contributed by atoms with van der Waals surface area (Å²) in [6.07, 6.45) is 2.23. The molecule has 0 aliphatic carbocycles.